The molecule has 0 saturated heterocycles. The Morgan fingerprint density at radius 2 is 2.05 bits per heavy atom. The fourth-order valence-corrected chi connectivity index (χ4v) is 2.08. The van der Waals surface area contributed by atoms with E-state index in [4.69, 9.17) is 9.52 Å². The zero-order valence-corrected chi connectivity index (χ0v) is 11.5. The van der Waals surface area contributed by atoms with Gasteiger partial charge < -0.3 is 14.8 Å². The Kier molecular flexibility index (Phi) is 3.46. The third kappa shape index (κ3) is 2.70. The van der Waals surface area contributed by atoms with Gasteiger partial charge in [-0.3, -0.25) is 0 Å². The van der Waals surface area contributed by atoms with Crippen molar-refractivity contribution in [3.05, 3.63) is 23.3 Å². The minimum Gasteiger partial charge on any atom is -0.480 e. The summed E-state index contributed by atoms with van der Waals surface area (Å²) >= 11 is 0. The molecule has 0 spiro atoms. The Balaban J connectivity index is 2.36. The standard InChI is InChI=1S/C14H18N2O3/c1-7(2)11(13(17)18)16-14-15-10-6-8(3)5-9(4)12(10)19-14/h5-7,11H,1-4H3,(H,15,16)(H,17,18)/t11-/m1/s1. The Labute approximate surface area is 111 Å². The van der Waals surface area contributed by atoms with Crippen molar-refractivity contribution >= 4 is 23.1 Å². The number of fused-ring (bicyclic) bond motifs is 1. The zero-order chi connectivity index (χ0) is 14.2. The van der Waals surface area contributed by atoms with Gasteiger partial charge in [-0.05, 0) is 37.0 Å². The second-order valence-electron chi connectivity index (χ2n) is 5.15. The molecule has 1 atom stereocenters. The average molecular weight is 262 g/mol. The zero-order valence-electron chi connectivity index (χ0n) is 11.5. The van der Waals surface area contributed by atoms with E-state index in [0.717, 1.165) is 16.6 Å². The average Bonchev–Trinajstić information content (AvgIpc) is 2.67. The van der Waals surface area contributed by atoms with E-state index in [1.807, 2.05) is 39.8 Å². The van der Waals surface area contributed by atoms with Crippen molar-refractivity contribution in [3.63, 3.8) is 0 Å². The van der Waals surface area contributed by atoms with E-state index in [-0.39, 0.29) is 11.9 Å². The van der Waals surface area contributed by atoms with Crippen molar-refractivity contribution in [3.8, 4) is 0 Å². The molecule has 19 heavy (non-hydrogen) atoms. The molecule has 0 unspecified atom stereocenters. The van der Waals surface area contributed by atoms with Crippen LogP contribution in [0.1, 0.15) is 25.0 Å². The van der Waals surface area contributed by atoms with E-state index < -0.39 is 12.0 Å². The van der Waals surface area contributed by atoms with Crippen molar-refractivity contribution in [2.24, 2.45) is 5.92 Å². The number of carboxylic acid groups (broad SMARTS) is 1. The molecule has 5 nitrogen and oxygen atoms in total. The lowest BCUT2D eigenvalue weighted by Crippen LogP contribution is -2.34. The molecular weight excluding hydrogens is 244 g/mol. The first-order valence-electron chi connectivity index (χ1n) is 6.25. The van der Waals surface area contributed by atoms with Crippen molar-refractivity contribution in [1.29, 1.82) is 0 Å². The number of oxazole rings is 1. The minimum atomic E-state index is -0.912. The molecule has 0 aliphatic heterocycles. The first-order chi connectivity index (χ1) is 8.88. The van der Waals surface area contributed by atoms with Crippen LogP contribution in [0.3, 0.4) is 0 Å². The maximum absolute atomic E-state index is 11.1. The number of carbonyl (C=O) groups is 1. The first kappa shape index (κ1) is 13.4. The summed E-state index contributed by atoms with van der Waals surface area (Å²) < 4.78 is 5.60. The highest BCUT2D eigenvalue weighted by Gasteiger charge is 2.23. The van der Waals surface area contributed by atoms with Gasteiger partial charge in [-0.15, -0.1) is 0 Å². The van der Waals surface area contributed by atoms with Gasteiger partial charge >= 0.3 is 5.97 Å². The monoisotopic (exact) mass is 262 g/mol. The number of nitrogens with one attached hydrogen (secondary N) is 1. The molecule has 2 rings (SSSR count). The molecule has 1 heterocycles. The van der Waals surface area contributed by atoms with Crippen LogP contribution in [0.4, 0.5) is 6.01 Å². The van der Waals surface area contributed by atoms with Crippen LogP contribution in [0.25, 0.3) is 11.1 Å². The molecule has 102 valence electrons. The molecule has 0 saturated carbocycles. The molecule has 0 amide bonds. The largest absolute Gasteiger partial charge is 0.480 e. The summed E-state index contributed by atoms with van der Waals surface area (Å²) in [4.78, 5) is 15.4. The number of benzene rings is 1. The van der Waals surface area contributed by atoms with Crippen molar-refractivity contribution in [2.45, 2.75) is 33.7 Å². The van der Waals surface area contributed by atoms with Crippen LogP contribution in [0.2, 0.25) is 0 Å². The number of aromatic nitrogens is 1. The maximum Gasteiger partial charge on any atom is 0.326 e. The molecule has 0 aliphatic rings. The Morgan fingerprint density at radius 3 is 2.63 bits per heavy atom. The second kappa shape index (κ2) is 4.91. The molecular formula is C14H18N2O3. The number of hydrogen-bond donors (Lipinski definition) is 2. The molecule has 0 bridgehead atoms. The smallest absolute Gasteiger partial charge is 0.326 e. The molecule has 0 radical (unpaired) electrons. The highest BCUT2D eigenvalue weighted by atomic mass is 16.4. The molecule has 0 fully saturated rings. The third-order valence-corrected chi connectivity index (χ3v) is 3.03. The quantitative estimate of drug-likeness (QED) is 0.886. The van der Waals surface area contributed by atoms with Crippen LogP contribution in [0, 0.1) is 19.8 Å². The van der Waals surface area contributed by atoms with Crippen LogP contribution in [-0.2, 0) is 4.79 Å². The van der Waals surface area contributed by atoms with Gasteiger partial charge in [0.2, 0.25) is 0 Å². The highest BCUT2D eigenvalue weighted by molar-refractivity contribution is 5.80. The van der Waals surface area contributed by atoms with E-state index in [0.29, 0.717) is 5.58 Å². The minimum absolute atomic E-state index is 0.0599. The molecule has 0 aliphatic carbocycles. The van der Waals surface area contributed by atoms with E-state index in [1.165, 1.54) is 0 Å². The summed E-state index contributed by atoms with van der Waals surface area (Å²) in [6.45, 7) is 7.61. The van der Waals surface area contributed by atoms with Crippen LogP contribution in [0.15, 0.2) is 16.5 Å². The van der Waals surface area contributed by atoms with Gasteiger partial charge in [-0.1, -0.05) is 19.9 Å². The summed E-state index contributed by atoms with van der Waals surface area (Å²) in [5.74, 6) is -0.972. The number of rotatable bonds is 4. The van der Waals surface area contributed by atoms with Gasteiger partial charge in [0.1, 0.15) is 11.6 Å². The van der Waals surface area contributed by atoms with Gasteiger partial charge in [0, 0.05) is 0 Å². The van der Waals surface area contributed by atoms with Gasteiger partial charge in [-0.25, -0.2) is 4.79 Å². The number of aryl methyl sites for hydroxylation is 2. The molecule has 2 N–H and O–H groups in total. The van der Waals surface area contributed by atoms with E-state index in [9.17, 15) is 4.79 Å². The van der Waals surface area contributed by atoms with Crippen LogP contribution >= 0.6 is 0 Å². The number of aliphatic carboxylic acids is 1. The fourth-order valence-electron chi connectivity index (χ4n) is 2.08. The van der Waals surface area contributed by atoms with Crippen molar-refractivity contribution in [2.75, 3.05) is 5.32 Å². The van der Waals surface area contributed by atoms with Crippen molar-refractivity contribution in [1.82, 2.24) is 4.98 Å². The lowest BCUT2D eigenvalue weighted by Gasteiger charge is -2.15. The lowest BCUT2D eigenvalue weighted by molar-refractivity contribution is -0.138. The summed E-state index contributed by atoms with van der Waals surface area (Å²) in [7, 11) is 0. The van der Waals surface area contributed by atoms with Crippen LogP contribution in [0.5, 0.6) is 0 Å². The summed E-state index contributed by atoms with van der Waals surface area (Å²) in [5, 5.41) is 12.0. The Bertz CT molecular complexity index is 616. The SMILES string of the molecule is Cc1cc(C)c2oc(N[C@@H](C(=O)O)C(C)C)nc2c1. The van der Waals surface area contributed by atoms with Crippen LogP contribution < -0.4 is 5.32 Å². The predicted octanol–water partition coefficient (Wildman–Crippen LogP) is 2.97. The normalized spacial score (nSPS) is 12.9. The third-order valence-electron chi connectivity index (χ3n) is 3.03. The van der Waals surface area contributed by atoms with E-state index in [1.54, 1.807) is 0 Å². The first-order valence-corrected chi connectivity index (χ1v) is 6.25. The van der Waals surface area contributed by atoms with Gasteiger partial charge in [0.05, 0.1) is 0 Å². The maximum atomic E-state index is 11.1. The Hall–Kier alpha value is -2.04. The highest BCUT2D eigenvalue weighted by Crippen LogP contribution is 2.24. The Morgan fingerprint density at radius 1 is 1.37 bits per heavy atom. The summed E-state index contributed by atoms with van der Waals surface area (Å²) in [5.41, 5.74) is 3.53. The van der Waals surface area contributed by atoms with Crippen LogP contribution in [-0.4, -0.2) is 22.1 Å². The lowest BCUT2D eigenvalue weighted by atomic mass is 10.1. The summed E-state index contributed by atoms with van der Waals surface area (Å²) in [6, 6.07) is 3.47. The van der Waals surface area contributed by atoms with E-state index >= 15 is 0 Å². The molecule has 5 heteroatoms. The number of carboxylic acids is 1. The topological polar surface area (TPSA) is 75.4 Å². The van der Waals surface area contributed by atoms with E-state index in [2.05, 4.69) is 10.3 Å². The number of hydrogen-bond acceptors (Lipinski definition) is 4. The fraction of sp³-hybridized carbons (Fsp3) is 0.429. The molecule has 1 aromatic heterocycles. The second-order valence-corrected chi connectivity index (χ2v) is 5.15. The van der Waals surface area contributed by atoms with Gasteiger partial charge in [0.15, 0.2) is 5.58 Å². The van der Waals surface area contributed by atoms with Gasteiger partial charge in [-0.2, -0.15) is 4.98 Å². The van der Waals surface area contributed by atoms with Gasteiger partial charge in [0.25, 0.3) is 6.01 Å². The summed E-state index contributed by atoms with van der Waals surface area (Å²) in [6.07, 6.45) is 0. The molecule has 1 aromatic carbocycles. The van der Waals surface area contributed by atoms with Crippen molar-refractivity contribution < 1.29 is 14.3 Å². The number of anilines is 1. The predicted molar refractivity (Wildman–Crippen MR) is 73.4 cm³/mol. The molecule has 2 aromatic rings. The number of nitrogens with zero attached hydrogens (tertiary/aromatic N) is 1.